The summed E-state index contributed by atoms with van der Waals surface area (Å²) in [5.41, 5.74) is -1.86. The lowest BCUT2D eigenvalue weighted by molar-refractivity contribution is -0.160. The van der Waals surface area contributed by atoms with Crippen molar-refractivity contribution in [2.45, 2.75) is 89.5 Å². The average Bonchev–Trinajstić information content (AvgIpc) is 3.33. The minimum Gasteiger partial charge on any atom is -0.466 e. The third kappa shape index (κ3) is 4.20. The van der Waals surface area contributed by atoms with Crippen LogP contribution in [0, 0.1) is 11.8 Å². The van der Waals surface area contributed by atoms with Crippen molar-refractivity contribution in [2.24, 2.45) is 11.8 Å². The van der Waals surface area contributed by atoms with Crippen LogP contribution in [0.2, 0.25) is 0 Å². The molecule has 1 spiro atoms. The summed E-state index contributed by atoms with van der Waals surface area (Å²) in [6, 6.07) is -0.811. The Morgan fingerprint density at radius 3 is 2.70 bits per heavy atom. The monoisotopic (exact) mass is 464 g/mol. The van der Waals surface area contributed by atoms with E-state index in [0.29, 0.717) is 38.8 Å². The highest BCUT2D eigenvalue weighted by atomic mass is 16.6. The Balaban J connectivity index is 2.04. The highest BCUT2D eigenvalue weighted by Crippen LogP contribution is 2.63. The smallest absolute Gasteiger partial charge is 0.312 e. The summed E-state index contributed by atoms with van der Waals surface area (Å²) in [5.74, 6) is -2.24. The molecule has 0 aromatic carbocycles. The summed E-state index contributed by atoms with van der Waals surface area (Å²) in [7, 11) is 0. The van der Waals surface area contributed by atoms with Gasteiger partial charge in [0.1, 0.15) is 17.6 Å². The fraction of sp³-hybridized carbons (Fsp3) is 0.800. The zero-order valence-corrected chi connectivity index (χ0v) is 20.5. The molecule has 186 valence electrons. The number of nitrogens with zero attached hydrogens (tertiary/aromatic N) is 2. The van der Waals surface area contributed by atoms with Crippen LogP contribution in [-0.4, -0.2) is 82.3 Å². The predicted molar refractivity (Wildman–Crippen MR) is 123 cm³/mol. The molecule has 0 radical (unpaired) electrons. The second kappa shape index (κ2) is 10.1. The third-order valence-electron chi connectivity index (χ3n) is 7.71. The second-order valence-corrected chi connectivity index (χ2v) is 9.86. The van der Waals surface area contributed by atoms with Crippen molar-refractivity contribution in [2.75, 3.05) is 26.3 Å². The summed E-state index contributed by atoms with van der Waals surface area (Å²) < 4.78 is 11.9. The number of hydrogen-bond donors (Lipinski definition) is 1. The van der Waals surface area contributed by atoms with E-state index in [-0.39, 0.29) is 31.1 Å². The second-order valence-electron chi connectivity index (χ2n) is 9.86. The van der Waals surface area contributed by atoms with E-state index < -0.39 is 35.0 Å². The van der Waals surface area contributed by atoms with E-state index in [1.807, 2.05) is 13.8 Å². The standard InChI is InChI=1S/C25H40N2O6/c1-6-11-17(4)26(14-7-2)22(30)20-25-13-12-24(5,33-25)19(23(31)32-8-3)18(25)21(29)27(20)15-9-10-16-28/h7,17-20,28H,2,6,8-16H2,1,3-5H3/t17?,18-,19-,20?,24+,25?/m0/s1. The number of likely N-dealkylation sites (tertiary alicyclic amines) is 1. The highest BCUT2D eigenvalue weighted by Gasteiger charge is 2.78. The van der Waals surface area contributed by atoms with Crippen LogP contribution in [0.15, 0.2) is 12.7 Å². The van der Waals surface area contributed by atoms with Crippen LogP contribution >= 0.6 is 0 Å². The van der Waals surface area contributed by atoms with Gasteiger partial charge >= 0.3 is 5.97 Å². The summed E-state index contributed by atoms with van der Waals surface area (Å²) >= 11 is 0. The number of carbonyl (C=O) groups excluding carboxylic acids is 3. The molecule has 3 fully saturated rings. The van der Waals surface area contributed by atoms with Crippen molar-refractivity contribution in [3.05, 3.63) is 12.7 Å². The topological polar surface area (TPSA) is 96.4 Å². The quantitative estimate of drug-likeness (QED) is 0.270. The van der Waals surface area contributed by atoms with Gasteiger partial charge in [-0.3, -0.25) is 14.4 Å². The summed E-state index contributed by atoms with van der Waals surface area (Å²) in [5, 5.41) is 9.27. The maximum Gasteiger partial charge on any atom is 0.312 e. The van der Waals surface area contributed by atoms with Crippen molar-refractivity contribution >= 4 is 17.8 Å². The number of fused-ring (bicyclic) bond motifs is 1. The molecule has 0 aliphatic carbocycles. The Bertz CT molecular complexity index is 772. The van der Waals surface area contributed by atoms with Crippen LogP contribution in [0.1, 0.15) is 66.2 Å². The van der Waals surface area contributed by atoms with E-state index in [4.69, 9.17) is 9.47 Å². The number of carbonyl (C=O) groups is 3. The van der Waals surface area contributed by atoms with Gasteiger partial charge in [-0.25, -0.2) is 0 Å². The molecule has 2 bridgehead atoms. The number of aliphatic hydroxyl groups is 1. The van der Waals surface area contributed by atoms with Gasteiger partial charge in [0.2, 0.25) is 11.8 Å². The van der Waals surface area contributed by atoms with E-state index in [1.54, 1.807) is 22.8 Å². The minimum absolute atomic E-state index is 0.0135. The maximum atomic E-state index is 14.1. The molecule has 3 saturated heterocycles. The van der Waals surface area contributed by atoms with Crippen LogP contribution in [-0.2, 0) is 23.9 Å². The molecule has 1 N–H and O–H groups in total. The van der Waals surface area contributed by atoms with E-state index in [0.717, 1.165) is 12.8 Å². The number of hydrogen-bond acceptors (Lipinski definition) is 6. The largest absolute Gasteiger partial charge is 0.466 e. The molecule has 0 saturated carbocycles. The number of ether oxygens (including phenoxy) is 2. The molecular weight excluding hydrogens is 424 g/mol. The Morgan fingerprint density at radius 2 is 2.09 bits per heavy atom. The Labute approximate surface area is 197 Å². The Morgan fingerprint density at radius 1 is 1.36 bits per heavy atom. The summed E-state index contributed by atoms with van der Waals surface area (Å²) in [4.78, 5) is 44.3. The van der Waals surface area contributed by atoms with Gasteiger partial charge in [0.15, 0.2) is 0 Å². The molecule has 3 aliphatic heterocycles. The molecule has 2 amide bonds. The lowest BCUT2D eigenvalue weighted by atomic mass is 9.66. The molecule has 3 heterocycles. The molecular formula is C25H40N2O6. The van der Waals surface area contributed by atoms with Crippen molar-refractivity contribution in [1.82, 2.24) is 9.80 Å². The molecule has 0 aromatic heterocycles. The summed E-state index contributed by atoms with van der Waals surface area (Å²) in [6.07, 6.45) is 5.73. The van der Waals surface area contributed by atoms with Crippen LogP contribution in [0.4, 0.5) is 0 Å². The normalized spacial score (nSPS) is 33.2. The number of amides is 2. The van der Waals surface area contributed by atoms with E-state index >= 15 is 0 Å². The average molecular weight is 465 g/mol. The molecule has 8 heteroatoms. The molecule has 3 unspecified atom stereocenters. The van der Waals surface area contributed by atoms with E-state index in [9.17, 15) is 19.5 Å². The minimum atomic E-state index is -1.04. The van der Waals surface area contributed by atoms with Gasteiger partial charge in [-0.1, -0.05) is 19.4 Å². The first kappa shape index (κ1) is 25.7. The molecule has 33 heavy (non-hydrogen) atoms. The van der Waals surface area contributed by atoms with Crippen molar-refractivity contribution in [3.63, 3.8) is 0 Å². The first-order chi connectivity index (χ1) is 15.7. The molecule has 3 rings (SSSR count). The number of aliphatic hydroxyl groups excluding tert-OH is 1. The first-order valence-electron chi connectivity index (χ1n) is 12.4. The SMILES string of the molecule is C=CCN(C(=O)C1N(CCCCO)C(=O)[C@@H]2[C@@H](C(=O)OCC)[C@@]3(C)CCC12O3)C(C)CCC. The van der Waals surface area contributed by atoms with Gasteiger partial charge in [0.05, 0.1) is 18.1 Å². The third-order valence-corrected chi connectivity index (χ3v) is 7.71. The van der Waals surface area contributed by atoms with Crippen molar-refractivity contribution in [3.8, 4) is 0 Å². The van der Waals surface area contributed by atoms with Crippen molar-refractivity contribution < 1.29 is 29.0 Å². The number of rotatable bonds is 12. The zero-order valence-electron chi connectivity index (χ0n) is 20.5. The van der Waals surface area contributed by atoms with Gasteiger partial charge in [-0.05, 0) is 52.9 Å². The number of unbranched alkanes of at least 4 members (excludes halogenated alkanes) is 1. The fourth-order valence-corrected chi connectivity index (χ4v) is 6.29. The lowest BCUT2D eigenvalue weighted by Crippen LogP contribution is -2.58. The molecule has 0 aromatic rings. The first-order valence-corrected chi connectivity index (χ1v) is 12.4. The van der Waals surface area contributed by atoms with E-state index in [2.05, 4.69) is 13.5 Å². The van der Waals surface area contributed by atoms with Crippen LogP contribution in [0.25, 0.3) is 0 Å². The van der Waals surface area contributed by atoms with Crippen LogP contribution < -0.4 is 0 Å². The van der Waals surface area contributed by atoms with Crippen LogP contribution in [0.5, 0.6) is 0 Å². The van der Waals surface area contributed by atoms with Crippen LogP contribution in [0.3, 0.4) is 0 Å². The lowest BCUT2D eigenvalue weighted by Gasteiger charge is -2.39. The maximum absolute atomic E-state index is 14.1. The Kier molecular flexibility index (Phi) is 7.89. The molecule has 3 aliphatic rings. The van der Waals surface area contributed by atoms with Gasteiger partial charge in [0, 0.05) is 25.7 Å². The fourth-order valence-electron chi connectivity index (χ4n) is 6.29. The van der Waals surface area contributed by atoms with E-state index in [1.165, 1.54) is 0 Å². The Hall–Kier alpha value is -1.93. The molecule has 8 nitrogen and oxygen atoms in total. The van der Waals surface area contributed by atoms with Crippen molar-refractivity contribution in [1.29, 1.82) is 0 Å². The number of esters is 1. The van der Waals surface area contributed by atoms with Gasteiger partial charge in [0.25, 0.3) is 0 Å². The molecule has 6 atom stereocenters. The highest BCUT2D eigenvalue weighted by molar-refractivity contribution is 5.98. The van der Waals surface area contributed by atoms with Gasteiger partial charge in [-0.2, -0.15) is 0 Å². The van der Waals surface area contributed by atoms with Gasteiger partial charge in [-0.15, -0.1) is 6.58 Å². The predicted octanol–water partition coefficient (Wildman–Crippen LogP) is 2.29. The zero-order chi connectivity index (χ0) is 24.4. The van der Waals surface area contributed by atoms with Gasteiger partial charge < -0.3 is 24.4 Å². The summed E-state index contributed by atoms with van der Waals surface area (Å²) in [6.45, 7) is 12.5.